The van der Waals surface area contributed by atoms with Crippen molar-refractivity contribution in [1.82, 2.24) is 0 Å². The van der Waals surface area contributed by atoms with E-state index >= 15 is 0 Å². The first-order valence-corrected chi connectivity index (χ1v) is 6.82. The Hall–Kier alpha value is -0.770. The molecule has 2 nitrogen and oxygen atoms in total. The third-order valence-electron chi connectivity index (χ3n) is 3.49. The molecular formula is C13H18BrFN2. The van der Waals surface area contributed by atoms with Crippen LogP contribution >= 0.6 is 15.9 Å². The predicted molar refractivity (Wildman–Crippen MR) is 73.6 cm³/mol. The molecule has 3 N–H and O–H groups in total. The van der Waals surface area contributed by atoms with Crippen LogP contribution in [0.3, 0.4) is 0 Å². The van der Waals surface area contributed by atoms with Crippen molar-refractivity contribution in [2.45, 2.75) is 44.6 Å². The smallest absolute Gasteiger partial charge is 0.139 e. The molecule has 0 aliphatic heterocycles. The second kappa shape index (κ2) is 4.84. The Morgan fingerprint density at radius 2 is 1.94 bits per heavy atom. The van der Waals surface area contributed by atoms with E-state index in [4.69, 9.17) is 5.73 Å². The van der Waals surface area contributed by atoms with Crippen molar-refractivity contribution in [1.29, 1.82) is 0 Å². The standard InChI is InChI=1S/C13H18BrFN2/c1-13(5-3-2-4-6-13)17-12-7-9(14)10(15)8-11(12)16/h7-8,17H,2-6,16H2,1H3. The maximum atomic E-state index is 13.3. The van der Waals surface area contributed by atoms with Gasteiger partial charge < -0.3 is 11.1 Å². The summed E-state index contributed by atoms with van der Waals surface area (Å²) >= 11 is 3.19. The molecule has 1 fully saturated rings. The maximum absolute atomic E-state index is 13.3. The number of nitrogens with one attached hydrogen (secondary N) is 1. The molecule has 0 aromatic heterocycles. The molecule has 0 radical (unpaired) electrons. The Labute approximate surface area is 110 Å². The number of rotatable bonds is 2. The van der Waals surface area contributed by atoms with Crippen LogP contribution in [0.2, 0.25) is 0 Å². The number of halogens is 2. The summed E-state index contributed by atoms with van der Waals surface area (Å²) in [7, 11) is 0. The number of anilines is 2. The van der Waals surface area contributed by atoms with Crippen LogP contribution in [0.1, 0.15) is 39.0 Å². The van der Waals surface area contributed by atoms with Crippen LogP contribution in [-0.2, 0) is 0 Å². The highest BCUT2D eigenvalue weighted by molar-refractivity contribution is 9.10. The highest BCUT2D eigenvalue weighted by Gasteiger charge is 2.27. The fourth-order valence-corrected chi connectivity index (χ4v) is 2.80. The third kappa shape index (κ3) is 2.92. The van der Waals surface area contributed by atoms with Crippen LogP contribution in [0.25, 0.3) is 0 Å². The van der Waals surface area contributed by atoms with Gasteiger partial charge in [0.1, 0.15) is 5.82 Å². The Kier molecular flexibility index (Phi) is 3.61. The summed E-state index contributed by atoms with van der Waals surface area (Å²) < 4.78 is 13.7. The minimum Gasteiger partial charge on any atom is -0.397 e. The molecule has 1 aromatic rings. The molecule has 0 saturated heterocycles. The van der Waals surface area contributed by atoms with E-state index in [0.717, 1.165) is 18.5 Å². The molecular weight excluding hydrogens is 283 g/mol. The van der Waals surface area contributed by atoms with E-state index in [9.17, 15) is 4.39 Å². The zero-order valence-corrected chi connectivity index (χ0v) is 11.6. The first kappa shape index (κ1) is 12.7. The number of benzene rings is 1. The van der Waals surface area contributed by atoms with E-state index in [-0.39, 0.29) is 11.4 Å². The van der Waals surface area contributed by atoms with Crippen molar-refractivity contribution < 1.29 is 4.39 Å². The van der Waals surface area contributed by atoms with Gasteiger partial charge in [-0.25, -0.2) is 4.39 Å². The van der Waals surface area contributed by atoms with Crippen molar-refractivity contribution in [2.75, 3.05) is 11.1 Å². The summed E-state index contributed by atoms with van der Waals surface area (Å²) in [4.78, 5) is 0. The van der Waals surface area contributed by atoms with Crippen molar-refractivity contribution >= 4 is 27.3 Å². The minimum absolute atomic E-state index is 0.0869. The van der Waals surface area contributed by atoms with Gasteiger partial charge in [0.25, 0.3) is 0 Å². The quantitative estimate of drug-likeness (QED) is 0.799. The molecule has 1 aliphatic rings. The second-order valence-electron chi connectivity index (χ2n) is 5.10. The van der Waals surface area contributed by atoms with Crippen molar-refractivity contribution in [3.63, 3.8) is 0 Å². The highest BCUT2D eigenvalue weighted by Crippen LogP contribution is 2.34. The first-order valence-electron chi connectivity index (χ1n) is 6.03. The molecule has 0 unspecified atom stereocenters. The molecule has 94 valence electrons. The van der Waals surface area contributed by atoms with Gasteiger partial charge in [-0.3, -0.25) is 0 Å². The largest absolute Gasteiger partial charge is 0.397 e. The Morgan fingerprint density at radius 1 is 1.29 bits per heavy atom. The molecule has 0 amide bonds. The lowest BCUT2D eigenvalue weighted by Gasteiger charge is -2.36. The summed E-state index contributed by atoms with van der Waals surface area (Å²) in [5.41, 5.74) is 7.22. The first-order chi connectivity index (χ1) is 8.00. The van der Waals surface area contributed by atoms with Gasteiger partial charge in [0.15, 0.2) is 0 Å². The maximum Gasteiger partial charge on any atom is 0.139 e. The van der Waals surface area contributed by atoms with Crippen LogP contribution in [0.4, 0.5) is 15.8 Å². The molecule has 0 atom stereocenters. The van der Waals surface area contributed by atoms with E-state index in [0.29, 0.717) is 10.2 Å². The molecule has 0 bridgehead atoms. The highest BCUT2D eigenvalue weighted by atomic mass is 79.9. The van der Waals surface area contributed by atoms with Crippen LogP contribution < -0.4 is 11.1 Å². The average molecular weight is 301 g/mol. The average Bonchev–Trinajstić information content (AvgIpc) is 2.26. The van der Waals surface area contributed by atoms with Crippen molar-refractivity contribution in [2.24, 2.45) is 0 Å². The number of hydrogen-bond acceptors (Lipinski definition) is 2. The fraction of sp³-hybridized carbons (Fsp3) is 0.538. The second-order valence-corrected chi connectivity index (χ2v) is 5.95. The predicted octanol–water partition coefficient (Wildman–Crippen LogP) is 4.31. The Morgan fingerprint density at radius 3 is 2.59 bits per heavy atom. The zero-order valence-electron chi connectivity index (χ0n) is 10.0. The van der Waals surface area contributed by atoms with Gasteiger partial charge in [-0.1, -0.05) is 19.3 Å². The summed E-state index contributed by atoms with van der Waals surface area (Å²) in [6.07, 6.45) is 6.07. The van der Waals surface area contributed by atoms with Gasteiger partial charge in [-0.15, -0.1) is 0 Å². The van der Waals surface area contributed by atoms with E-state index in [2.05, 4.69) is 28.2 Å². The fourth-order valence-electron chi connectivity index (χ4n) is 2.45. The number of nitrogens with two attached hydrogens (primary N) is 1. The summed E-state index contributed by atoms with van der Waals surface area (Å²) in [6, 6.07) is 3.09. The van der Waals surface area contributed by atoms with Crippen LogP contribution in [0.5, 0.6) is 0 Å². The topological polar surface area (TPSA) is 38.0 Å². The summed E-state index contributed by atoms with van der Waals surface area (Å²) in [5.74, 6) is -0.318. The number of nitrogen functional groups attached to an aromatic ring is 1. The van der Waals surface area contributed by atoms with E-state index in [1.54, 1.807) is 6.07 Å². The normalized spacial score (nSPS) is 19.0. The lowest BCUT2D eigenvalue weighted by atomic mass is 9.83. The summed E-state index contributed by atoms with van der Waals surface area (Å²) in [5, 5.41) is 3.47. The molecule has 2 rings (SSSR count). The van der Waals surface area contributed by atoms with Crippen LogP contribution in [0, 0.1) is 5.82 Å². The number of hydrogen-bond donors (Lipinski definition) is 2. The molecule has 4 heteroatoms. The molecule has 1 saturated carbocycles. The lowest BCUT2D eigenvalue weighted by molar-refractivity contribution is 0.349. The van der Waals surface area contributed by atoms with Gasteiger partial charge in [0.2, 0.25) is 0 Å². The summed E-state index contributed by atoms with van der Waals surface area (Å²) in [6.45, 7) is 2.21. The van der Waals surface area contributed by atoms with Gasteiger partial charge in [0, 0.05) is 11.6 Å². The van der Waals surface area contributed by atoms with Gasteiger partial charge >= 0.3 is 0 Å². The van der Waals surface area contributed by atoms with E-state index < -0.39 is 0 Å². The van der Waals surface area contributed by atoms with Crippen LogP contribution in [0.15, 0.2) is 16.6 Å². The van der Waals surface area contributed by atoms with Gasteiger partial charge in [0.05, 0.1) is 15.8 Å². The molecule has 17 heavy (non-hydrogen) atoms. The lowest BCUT2D eigenvalue weighted by Crippen LogP contribution is -2.37. The van der Waals surface area contributed by atoms with Crippen molar-refractivity contribution in [3.05, 3.63) is 22.4 Å². The molecule has 1 aromatic carbocycles. The third-order valence-corrected chi connectivity index (χ3v) is 4.09. The monoisotopic (exact) mass is 300 g/mol. The van der Waals surface area contributed by atoms with Gasteiger partial charge in [-0.05, 0) is 41.8 Å². The Bertz CT molecular complexity index is 414. The minimum atomic E-state index is -0.318. The van der Waals surface area contributed by atoms with Crippen molar-refractivity contribution in [3.8, 4) is 0 Å². The zero-order chi connectivity index (χ0) is 12.5. The Balaban J connectivity index is 2.20. The van der Waals surface area contributed by atoms with E-state index in [1.807, 2.05) is 0 Å². The molecule has 1 aliphatic carbocycles. The van der Waals surface area contributed by atoms with Crippen LogP contribution in [-0.4, -0.2) is 5.54 Å². The molecule has 0 heterocycles. The molecule has 0 spiro atoms. The van der Waals surface area contributed by atoms with Gasteiger partial charge in [-0.2, -0.15) is 0 Å². The SMILES string of the molecule is CC1(Nc2cc(Br)c(F)cc2N)CCCCC1. The van der Waals surface area contributed by atoms with E-state index in [1.165, 1.54) is 25.3 Å².